The fourth-order valence-corrected chi connectivity index (χ4v) is 3.35. The average Bonchev–Trinajstić information content (AvgIpc) is 2.73. The molecule has 7 nitrogen and oxygen atoms in total. The molecule has 3 N–H and O–H groups in total. The first kappa shape index (κ1) is 19.8. The Hall–Kier alpha value is -3.92. The van der Waals surface area contributed by atoms with Crippen LogP contribution in [0.5, 0.6) is 11.5 Å². The number of carbonyl (C=O) groups excluding carboxylic acids is 1. The lowest BCUT2D eigenvalue weighted by Gasteiger charge is -2.28. The van der Waals surface area contributed by atoms with E-state index in [1.165, 1.54) is 14.2 Å². The molecule has 0 aliphatic carbocycles. The van der Waals surface area contributed by atoms with Crippen molar-refractivity contribution >= 4 is 11.6 Å². The van der Waals surface area contributed by atoms with Gasteiger partial charge in [-0.3, -0.25) is 4.79 Å². The molecule has 7 heteroatoms. The van der Waals surface area contributed by atoms with Crippen molar-refractivity contribution in [3.63, 3.8) is 0 Å². The minimum atomic E-state index is -0.775. The number of allylic oxidation sites excluding steroid dienone is 2. The van der Waals surface area contributed by atoms with E-state index in [9.17, 15) is 10.1 Å². The number of nitrogens with one attached hydrogen (secondary N) is 1. The Morgan fingerprint density at radius 1 is 1.14 bits per heavy atom. The third-order valence-electron chi connectivity index (χ3n) is 4.63. The number of carbonyl (C=O) groups is 1. The topological polar surface area (TPSA) is 107 Å². The summed E-state index contributed by atoms with van der Waals surface area (Å²) >= 11 is 0. The second kappa shape index (κ2) is 8.40. The monoisotopic (exact) mass is 391 g/mol. The van der Waals surface area contributed by atoms with Gasteiger partial charge in [0.1, 0.15) is 17.4 Å². The largest absolute Gasteiger partial charge is 0.493 e. The van der Waals surface area contributed by atoms with E-state index in [0.717, 1.165) is 0 Å². The molecule has 0 fully saturated rings. The quantitative estimate of drug-likeness (QED) is 0.809. The maximum atomic E-state index is 13.2. The van der Waals surface area contributed by atoms with E-state index >= 15 is 0 Å². The summed E-state index contributed by atoms with van der Waals surface area (Å²) in [6, 6.07) is 16.4. The highest BCUT2D eigenvalue weighted by molar-refractivity contribution is 6.06. The molecule has 1 atom stereocenters. The highest BCUT2D eigenvalue weighted by Gasteiger charge is 2.37. The van der Waals surface area contributed by atoms with Crippen LogP contribution in [0.2, 0.25) is 0 Å². The van der Waals surface area contributed by atoms with Gasteiger partial charge >= 0.3 is 0 Å². The molecule has 2 aromatic rings. The van der Waals surface area contributed by atoms with E-state index in [1.54, 1.807) is 37.3 Å². The van der Waals surface area contributed by atoms with E-state index in [4.69, 9.17) is 19.9 Å². The molecule has 1 heterocycles. The molecule has 0 bridgehead atoms. The molecule has 1 aliphatic rings. The van der Waals surface area contributed by atoms with Gasteiger partial charge in [-0.05, 0) is 25.1 Å². The zero-order valence-corrected chi connectivity index (χ0v) is 16.4. The van der Waals surface area contributed by atoms with Crippen LogP contribution in [0.15, 0.2) is 71.3 Å². The van der Waals surface area contributed by atoms with E-state index in [2.05, 4.69) is 11.4 Å². The summed E-state index contributed by atoms with van der Waals surface area (Å²) in [5.41, 5.74) is 7.57. The lowest BCUT2D eigenvalue weighted by Crippen LogP contribution is -2.28. The van der Waals surface area contributed by atoms with Crippen molar-refractivity contribution in [3.05, 3.63) is 76.9 Å². The number of amides is 1. The molecule has 0 saturated heterocycles. The minimum absolute atomic E-state index is 0.0452. The number of nitrogens with two attached hydrogens (primary N) is 1. The summed E-state index contributed by atoms with van der Waals surface area (Å²) in [5.74, 6) is -0.0136. The minimum Gasteiger partial charge on any atom is -0.493 e. The number of methoxy groups -OCH3 is 2. The fraction of sp³-hybridized carbons (Fsp3) is 0.182. The zero-order valence-electron chi connectivity index (χ0n) is 16.4. The van der Waals surface area contributed by atoms with Crippen LogP contribution in [-0.2, 0) is 9.53 Å². The highest BCUT2D eigenvalue weighted by Crippen LogP contribution is 2.45. The maximum Gasteiger partial charge on any atom is 0.255 e. The van der Waals surface area contributed by atoms with Gasteiger partial charge in [-0.1, -0.05) is 30.3 Å². The number of nitriles is 1. The Bertz CT molecular complexity index is 1040. The SMILES string of the molecule is COc1cccc([C@@H]2C(C#N)=C(N)OC(C)=C2C(=O)Nc2ccccc2)c1OC. The number of hydrogen-bond acceptors (Lipinski definition) is 6. The number of rotatable bonds is 5. The van der Waals surface area contributed by atoms with Crippen LogP contribution >= 0.6 is 0 Å². The number of nitrogens with zero attached hydrogens (tertiary/aromatic N) is 1. The molecule has 1 amide bonds. The van der Waals surface area contributed by atoms with Crippen LogP contribution in [0, 0.1) is 11.3 Å². The first-order chi connectivity index (χ1) is 14.0. The number of hydrogen-bond donors (Lipinski definition) is 2. The van der Waals surface area contributed by atoms with Crippen LogP contribution < -0.4 is 20.5 Å². The normalized spacial score (nSPS) is 16.0. The van der Waals surface area contributed by atoms with Gasteiger partial charge in [-0.15, -0.1) is 0 Å². The van der Waals surface area contributed by atoms with Gasteiger partial charge in [-0.25, -0.2) is 0 Å². The molecule has 29 heavy (non-hydrogen) atoms. The van der Waals surface area contributed by atoms with E-state index in [1.807, 2.05) is 18.2 Å². The lowest BCUT2D eigenvalue weighted by atomic mass is 9.82. The predicted molar refractivity (Wildman–Crippen MR) is 108 cm³/mol. The van der Waals surface area contributed by atoms with E-state index in [0.29, 0.717) is 28.5 Å². The van der Waals surface area contributed by atoms with Crippen LogP contribution in [0.4, 0.5) is 5.69 Å². The molecule has 0 spiro atoms. The average molecular weight is 391 g/mol. The number of anilines is 1. The molecule has 0 radical (unpaired) electrons. The van der Waals surface area contributed by atoms with Crippen molar-refractivity contribution < 1.29 is 19.0 Å². The summed E-state index contributed by atoms with van der Waals surface area (Å²) in [6.45, 7) is 1.64. The summed E-state index contributed by atoms with van der Waals surface area (Å²) in [4.78, 5) is 13.2. The van der Waals surface area contributed by atoms with Crippen molar-refractivity contribution in [3.8, 4) is 17.6 Å². The van der Waals surface area contributed by atoms with E-state index in [-0.39, 0.29) is 17.0 Å². The zero-order chi connectivity index (χ0) is 21.0. The first-order valence-corrected chi connectivity index (χ1v) is 8.87. The molecule has 3 rings (SSSR count). The number of benzene rings is 2. The smallest absolute Gasteiger partial charge is 0.255 e. The van der Waals surface area contributed by atoms with Crippen LogP contribution in [0.3, 0.4) is 0 Å². The molecule has 1 aliphatic heterocycles. The Labute approximate surface area is 169 Å². The van der Waals surface area contributed by atoms with Gasteiger partial charge in [0.05, 0.1) is 25.7 Å². The molecule has 148 valence electrons. The van der Waals surface area contributed by atoms with Gasteiger partial charge < -0.3 is 25.3 Å². The summed E-state index contributed by atoms with van der Waals surface area (Å²) in [5, 5.41) is 12.6. The van der Waals surface area contributed by atoms with Gasteiger partial charge in [0.2, 0.25) is 5.88 Å². The third-order valence-corrected chi connectivity index (χ3v) is 4.63. The second-order valence-corrected chi connectivity index (χ2v) is 6.30. The van der Waals surface area contributed by atoms with Crippen LogP contribution in [0.25, 0.3) is 0 Å². The first-order valence-electron chi connectivity index (χ1n) is 8.87. The maximum absolute atomic E-state index is 13.2. The van der Waals surface area contributed by atoms with Crippen molar-refractivity contribution in [2.24, 2.45) is 5.73 Å². The molecular formula is C22H21N3O4. The van der Waals surface area contributed by atoms with Crippen LogP contribution in [-0.4, -0.2) is 20.1 Å². The predicted octanol–water partition coefficient (Wildman–Crippen LogP) is 3.42. The van der Waals surface area contributed by atoms with Crippen molar-refractivity contribution in [1.29, 1.82) is 5.26 Å². The Morgan fingerprint density at radius 3 is 2.48 bits per heavy atom. The van der Waals surface area contributed by atoms with Crippen LogP contribution in [0.1, 0.15) is 18.4 Å². The van der Waals surface area contributed by atoms with Gasteiger partial charge in [0.15, 0.2) is 11.5 Å². The van der Waals surface area contributed by atoms with Gasteiger partial charge in [0, 0.05) is 11.3 Å². The number of ether oxygens (including phenoxy) is 3. The van der Waals surface area contributed by atoms with Gasteiger partial charge in [-0.2, -0.15) is 5.26 Å². The Kier molecular flexibility index (Phi) is 5.74. The molecule has 0 aromatic heterocycles. The highest BCUT2D eigenvalue weighted by atomic mass is 16.5. The van der Waals surface area contributed by atoms with Gasteiger partial charge in [0.25, 0.3) is 5.91 Å². The molecule has 0 saturated carbocycles. The van der Waals surface area contributed by atoms with Crippen molar-refractivity contribution in [1.82, 2.24) is 0 Å². The lowest BCUT2D eigenvalue weighted by molar-refractivity contribution is -0.113. The number of para-hydroxylation sites is 2. The van der Waals surface area contributed by atoms with Crippen molar-refractivity contribution in [2.75, 3.05) is 19.5 Å². The second-order valence-electron chi connectivity index (χ2n) is 6.30. The molecule has 0 unspecified atom stereocenters. The van der Waals surface area contributed by atoms with Crippen molar-refractivity contribution in [2.45, 2.75) is 12.8 Å². The molecule has 2 aromatic carbocycles. The summed E-state index contributed by atoms with van der Waals surface area (Å²) < 4.78 is 16.4. The molecular weight excluding hydrogens is 370 g/mol. The summed E-state index contributed by atoms with van der Waals surface area (Å²) in [6.07, 6.45) is 0. The standard InChI is InChI=1S/C22H21N3O4/c1-13-18(22(26)25-14-8-5-4-6-9-14)19(16(12-23)21(24)29-13)15-10-7-11-17(27-2)20(15)28-3/h4-11,19H,24H2,1-3H3,(H,25,26)/t19-/m1/s1. The van der Waals surface area contributed by atoms with E-state index < -0.39 is 11.8 Å². The Balaban J connectivity index is 2.15. The third kappa shape index (κ3) is 3.73. The fourth-order valence-electron chi connectivity index (χ4n) is 3.35. The summed E-state index contributed by atoms with van der Waals surface area (Å²) in [7, 11) is 3.02. The Morgan fingerprint density at radius 2 is 1.86 bits per heavy atom.